The van der Waals surface area contributed by atoms with Gasteiger partial charge in [-0.2, -0.15) is 0 Å². The minimum Gasteiger partial charge on any atom is -0.0773 e. The summed E-state index contributed by atoms with van der Waals surface area (Å²) in [6.45, 7) is 2.35. The number of hydrogen-bond acceptors (Lipinski definition) is 0. The van der Waals surface area contributed by atoms with Gasteiger partial charge in [-0.3, -0.25) is 0 Å². The molecule has 0 saturated heterocycles. The molecular formula is C7H10. The molecule has 2 aliphatic carbocycles. The van der Waals surface area contributed by atoms with Crippen molar-refractivity contribution < 1.29 is 0 Å². The summed E-state index contributed by atoms with van der Waals surface area (Å²) in [6, 6.07) is 0. The first-order chi connectivity index (χ1) is 3.38. The average Bonchev–Trinajstić information content (AvgIpc) is 2.33. The number of hydrogen-bond donors (Lipinski definition) is 0. The molecule has 38 valence electrons. The molecule has 0 heterocycles. The molecule has 0 N–H and O–H groups in total. The minimum atomic E-state index is 0.972. The highest BCUT2D eigenvalue weighted by Crippen LogP contribution is 2.47. The van der Waals surface area contributed by atoms with Crippen LogP contribution in [0.2, 0.25) is 0 Å². The zero-order chi connectivity index (χ0) is 4.85. The molecule has 0 aromatic carbocycles. The fourth-order valence-electron chi connectivity index (χ4n) is 1.54. The Morgan fingerprint density at radius 2 is 2.57 bits per heavy atom. The third-order valence-corrected chi connectivity index (χ3v) is 2.21. The number of rotatable bonds is 0. The topological polar surface area (TPSA) is 0 Å². The van der Waals surface area contributed by atoms with Crippen molar-refractivity contribution in [1.82, 2.24) is 0 Å². The standard InChI is InChI=1S/C7H10/c1-5-2-3-6-4-7(5)6/h4-5,7H,2-3H2,1H3. The van der Waals surface area contributed by atoms with Crippen molar-refractivity contribution in [3.63, 3.8) is 0 Å². The normalized spacial score (nSPS) is 45.6. The molecule has 0 aromatic rings. The van der Waals surface area contributed by atoms with Gasteiger partial charge in [0, 0.05) is 5.92 Å². The van der Waals surface area contributed by atoms with Crippen LogP contribution in [0, 0.1) is 11.8 Å². The molecule has 0 bridgehead atoms. The molecule has 0 nitrogen and oxygen atoms in total. The Balaban J connectivity index is 2.16. The molecule has 0 spiro atoms. The van der Waals surface area contributed by atoms with Crippen molar-refractivity contribution in [2.75, 3.05) is 0 Å². The lowest BCUT2D eigenvalue weighted by Crippen LogP contribution is -1.88. The van der Waals surface area contributed by atoms with Gasteiger partial charge in [-0.1, -0.05) is 18.6 Å². The monoisotopic (exact) mass is 94.1 g/mol. The van der Waals surface area contributed by atoms with Crippen molar-refractivity contribution in [2.24, 2.45) is 11.8 Å². The van der Waals surface area contributed by atoms with Crippen LogP contribution in [0.15, 0.2) is 11.6 Å². The van der Waals surface area contributed by atoms with E-state index in [1.165, 1.54) is 12.8 Å². The molecule has 2 atom stereocenters. The summed E-state index contributed by atoms with van der Waals surface area (Å²) in [4.78, 5) is 0. The second-order valence-corrected chi connectivity index (χ2v) is 2.78. The molecule has 1 saturated carbocycles. The fourth-order valence-corrected chi connectivity index (χ4v) is 1.54. The maximum Gasteiger partial charge on any atom is 0.000561 e. The predicted octanol–water partition coefficient (Wildman–Crippen LogP) is 1.97. The molecule has 0 aliphatic heterocycles. The van der Waals surface area contributed by atoms with Crippen LogP contribution in [0.3, 0.4) is 0 Å². The molecular weight excluding hydrogens is 84.1 g/mol. The van der Waals surface area contributed by atoms with E-state index in [0.29, 0.717) is 0 Å². The Morgan fingerprint density at radius 3 is 2.71 bits per heavy atom. The Labute approximate surface area is 44.2 Å². The van der Waals surface area contributed by atoms with Crippen molar-refractivity contribution >= 4 is 0 Å². The van der Waals surface area contributed by atoms with Crippen molar-refractivity contribution in [2.45, 2.75) is 19.8 Å². The van der Waals surface area contributed by atoms with Gasteiger partial charge in [0.1, 0.15) is 0 Å². The first-order valence-corrected chi connectivity index (χ1v) is 3.08. The van der Waals surface area contributed by atoms with E-state index in [0.717, 1.165) is 11.8 Å². The smallest absolute Gasteiger partial charge is 0.000561 e. The zero-order valence-electron chi connectivity index (χ0n) is 4.65. The Kier molecular flexibility index (Phi) is 0.495. The lowest BCUT2D eigenvalue weighted by Gasteiger charge is -1.97. The summed E-state index contributed by atoms with van der Waals surface area (Å²) in [6.07, 6.45) is 5.27. The fraction of sp³-hybridized carbons (Fsp3) is 0.714. The molecule has 2 rings (SSSR count). The second-order valence-electron chi connectivity index (χ2n) is 2.78. The van der Waals surface area contributed by atoms with Gasteiger partial charge in [0.2, 0.25) is 0 Å². The van der Waals surface area contributed by atoms with Crippen LogP contribution in [-0.2, 0) is 0 Å². The second kappa shape index (κ2) is 0.936. The molecule has 2 unspecified atom stereocenters. The van der Waals surface area contributed by atoms with E-state index >= 15 is 0 Å². The van der Waals surface area contributed by atoms with Gasteiger partial charge in [0.25, 0.3) is 0 Å². The minimum absolute atomic E-state index is 0.972. The summed E-state index contributed by atoms with van der Waals surface area (Å²) in [5.41, 5.74) is 1.74. The van der Waals surface area contributed by atoms with E-state index < -0.39 is 0 Å². The molecule has 0 amide bonds. The SMILES string of the molecule is CC1CCC2=CC21. The predicted molar refractivity (Wildman–Crippen MR) is 30.0 cm³/mol. The summed E-state index contributed by atoms with van der Waals surface area (Å²) >= 11 is 0. The highest BCUT2D eigenvalue weighted by atomic mass is 14.4. The van der Waals surface area contributed by atoms with Gasteiger partial charge in [0.05, 0.1) is 0 Å². The largest absolute Gasteiger partial charge is 0.0773 e. The molecule has 1 fully saturated rings. The highest BCUT2D eigenvalue weighted by molar-refractivity contribution is 5.33. The van der Waals surface area contributed by atoms with Crippen LogP contribution in [-0.4, -0.2) is 0 Å². The van der Waals surface area contributed by atoms with E-state index in [1.807, 2.05) is 0 Å². The molecule has 0 aromatic heterocycles. The first kappa shape index (κ1) is 3.71. The quantitative estimate of drug-likeness (QED) is 0.402. The van der Waals surface area contributed by atoms with Gasteiger partial charge in [-0.25, -0.2) is 0 Å². The lowest BCUT2D eigenvalue weighted by molar-refractivity contribution is 0.559. The van der Waals surface area contributed by atoms with E-state index in [1.54, 1.807) is 5.57 Å². The van der Waals surface area contributed by atoms with E-state index in [2.05, 4.69) is 13.0 Å². The third kappa shape index (κ3) is 0.370. The summed E-state index contributed by atoms with van der Waals surface area (Å²) in [5.74, 6) is 1.97. The number of allylic oxidation sites excluding steroid dienone is 2. The highest BCUT2D eigenvalue weighted by Gasteiger charge is 2.35. The lowest BCUT2D eigenvalue weighted by atomic mass is 10.1. The van der Waals surface area contributed by atoms with Crippen LogP contribution in [0.4, 0.5) is 0 Å². The zero-order valence-corrected chi connectivity index (χ0v) is 4.65. The summed E-state index contributed by atoms with van der Waals surface area (Å²) in [7, 11) is 0. The molecule has 7 heavy (non-hydrogen) atoms. The average molecular weight is 94.2 g/mol. The van der Waals surface area contributed by atoms with E-state index in [9.17, 15) is 0 Å². The van der Waals surface area contributed by atoms with Gasteiger partial charge >= 0.3 is 0 Å². The van der Waals surface area contributed by atoms with Crippen molar-refractivity contribution in [3.05, 3.63) is 11.6 Å². The Bertz CT molecular complexity index is 122. The van der Waals surface area contributed by atoms with E-state index in [-0.39, 0.29) is 0 Å². The third-order valence-electron chi connectivity index (χ3n) is 2.21. The first-order valence-electron chi connectivity index (χ1n) is 3.08. The summed E-state index contributed by atoms with van der Waals surface area (Å²) < 4.78 is 0. The molecule has 0 heteroatoms. The molecule has 2 aliphatic rings. The van der Waals surface area contributed by atoms with Crippen LogP contribution < -0.4 is 0 Å². The Hall–Kier alpha value is -0.260. The van der Waals surface area contributed by atoms with Crippen molar-refractivity contribution in [1.29, 1.82) is 0 Å². The van der Waals surface area contributed by atoms with Crippen LogP contribution in [0.25, 0.3) is 0 Å². The van der Waals surface area contributed by atoms with Gasteiger partial charge in [-0.15, -0.1) is 0 Å². The Morgan fingerprint density at radius 1 is 1.71 bits per heavy atom. The van der Waals surface area contributed by atoms with Crippen molar-refractivity contribution in [3.8, 4) is 0 Å². The van der Waals surface area contributed by atoms with E-state index in [4.69, 9.17) is 0 Å². The van der Waals surface area contributed by atoms with Crippen LogP contribution >= 0.6 is 0 Å². The van der Waals surface area contributed by atoms with Gasteiger partial charge in [0.15, 0.2) is 0 Å². The van der Waals surface area contributed by atoms with Gasteiger partial charge < -0.3 is 0 Å². The molecule has 0 radical (unpaired) electrons. The maximum atomic E-state index is 2.41. The van der Waals surface area contributed by atoms with Gasteiger partial charge in [-0.05, 0) is 18.8 Å². The van der Waals surface area contributed by atoms with Crippen LogP contribution in [0.5, 0.6) is 0 Å². The van der Waals surface area contributed by atoms with Crippen LogP contribution in [0.1, 0.15) is 19.8 Å². The maximum absolute atomic E-state index is 2.41. The summed E-state index contributed by atoms with van der Waals surface area (Å²) in [5, 5.41) is 0. The number of fused-ring (bicyclic) bond motifs is 1.